The van der Waals surface area contributed by atoms with E-state index in [1.165, 1.54) is 31.4 Å². The average molecular weight is 518 g/mol. The maximum atomic E-state index is 12.2. The molecule has 9 heteroatoms. The molecule has 1 N–H and O–H groups in total. The quantitative estimate of drug-likeness (QED) is 0.280. The number of carbonyl (C=O) groups excluding carboxylic acids is 5. The van der Waals surface area contributed by atoms with Crippen LogP contribution in [-0.2, 0) is 19.1 Å². The first kappa shape index (κ1) is 27.8. The van der Waals surface area contributed by atoms with Crippen LogP contribution < -0.4 is 10.1 Å². The molecule has 196 valence electrons. The average Bonchev–Trinajstić information content (AvgIpc) is 2.94. The van der Waals surface area contributed by atoms with Gasteiger partial charge < -0.3 is 19.5 Å². The van der Waals surface area contributed by atoms with E-state index in [0.717, 1.165) is 5.56 Å². The third-order valence-corrected chi connectivity index (χ3v) is 5.44. The van der Waals surface area contributed by atoms with Gasteiger partial charge in [-0.15, -0.1) is 0 Å². The van der Waals surface area contributed by atoms with E-state index in [-0.39, 0.29) is 30.0 Å². The van der Waals surface area contributed by atoms with Gasteiger partial charge >= 0.3 is 11.9 Å². The van der Waals surface area contributed by atoms with E-state index in [2.05, 4.69) is 5.32 Å². The largest absolute Gasteiger partial charge is 0.497 e. The van der Waals surface area contributed by atoms with E-state index in [9.17, 15) is 24.0 Å². The highest BCUT2D eigenvalue weighted by Gasteiger charge is 2.14. The number of carbonyl (C=O) groups is 5. The monoisotopic (exact) mass is 517 g/mol. The van der Waals surface area contributed by atoms with E-state index in [1.54, 1.807) is 48.5 Å². The molecule has 0 bridgehead atoms. The number of amides is 1. The summed E-state index contributed by atoms with van der Waals surface area (Å²) in [5, 5.41) is 2.61. The van der Waals surface area contributed by atoms with Crippen LogP contribution in [0, 0.1) is 6.92 Å². The topological polar surface area (TPSA) is 125 Å². The number of benzene rings is 3. The molecule has 3 rings (SSSR count). The highest BCUT2D eigenvalue weighted by molar-refractivity contribution is 6.00. The summed E-state index contributed by atoms with van der Waals surface area (Å²) >= 11 is 0. The van der Waals surface area contributed by atoms with Crippen LogP contribution in [0.15, 0.2) is 72.8 Å². The molecule has 3 aromatic rings. The molecule has 0 aromatic heterocycles. The van der Waals surface area contributed by atoms with Gasteiger partial charge in [-0.2, -0.15) is 0 Å². The Kier molecular flexibility index (Phi) is 9.87. The van der Waals surface area contributed by atoms with Gasteiger partial charge in [-0.25, -0.2) is 4.79 Å². The van der Waals surface area contributed by atoms with Crippen molar-refractivity contribution in [2.45, 2.75) is 19.8 Å². The van der Waals surface area contributed by atoms with Crippen molar-refractivity contribution in [3.8, 4) is 5.75 Å². The van der Waals surface area contributed by atoms with Gasteiger partial charge in [0.25, 0.3) is 0 Å². The number of ketones is 2. The fourth-order valence-electron chi connectivity index (χ4n) is 3.24. The van der Waals surface area contributed by atoms with Crippen LogP contribution in [0.4, 0.5) is 5.69 Å². The fraction of sp³-hybridized carbons (Fsp3) is 0.207. The van der Waals surface area contributed by atoms with E-state index in [4.69, 9.17) is 14.2 Å². The molecule has 0 aliphatic carbocycles. The lowest BCUT2D eigenvalue weighted by atomic mass is 10.1. The van der Waals surface area contributed by atoms with Gasteiger partial charge in [0.2, 0.25) is 5.91 Å². The number of aryl methyl sites for hydroxylation is 1. The Morgan fingerprint density at radius 3 is 1.76 bits per heavy atom. The molecule has 0 aliphatic rings. The lowest BCUT2D eigenvalue weighted by Crippen LogP contribution is -2.17. The predicted molar refractivity (Wildman–Crippen MR) is 138 cm³/mol. The number of ether oxygens (including phenoxy) is 3. The molecule has 0 fully saturated rings. The van der Waals surface area contributed by atoms with E-state index in [1.807, 2.05) is 6.92 Å². The summed E-state index contributed by atoms with van der Waals surface area (Å²) in [4.78, 5) is 60.6. The van der Waals surface area contributed by atoms with Crippen molar-refractivity contribution >= 4 is 35.1 Å². The number of hydrogen-bond acceptors (Lipinski definition) is 8. The smallest absolute Gasteiger partial charge is 0.338 e. The van der Waals surface area contributed by atoms with Crippen LogP contribution in [0.1, 0.15) is 49.5 Å². The molecule has 0 unspecified atom stereocenters. The molecule has 0 saturated carbocycles. The molecule has 38 heavy (non-hydrogen) atoms. The van der Waals surface area contributed by atoms with Gasteiger partial charge in [-0.05, 0) is 55.5 Å². The van der Waals surface area contributed by atoms with Crippen LogP contribution in [0.25, 0.3) is 0 Å². The summed E-state index contributed by atoms with van der Waals surface area (Å²) in [6, 6.07) is 19.2. The van der Waals surface area contributed by atoms with Gasteiger partial charge in [-0.1, -0.05) is 29.8 Å². The molecule has 0 saturated heterocycles. The van der Waals surface area contributed by atoms with Crippen LogP contribution in [-0.4, -0.2) is 49.7 Å². The second-order valence-corrected chi connectivity index (χ2v) is 8.30. The standard InChI is InChI=1S/C29H27NO8/c1-19-3-5-20(6-4-19)25(31)17-37-28(34)16-15-27(33)30-23-11-7-22(8-12-23)29(35)38-18-26(32)21-9-13-24(36-2)14-10-21/h3-14H,15-18H2,1-2H3,(H,30,33). The minimum Gasteiger partial charge on any atom is -0.497 e. The van der Waals surface area contributed by atoms with Crippen molar-refractivity contribution in [3.05, 3.63) is 95.1 Å². The number of hydrogen-bond donors (Lipinski definition) is 1. The number of rotatable bonds is 12. The molecule has 0 spiro atoms. The van der Waals surface area contributed by atoms with Crippen LogP contribution in [0.5, 0.6) is 5.75 Å². The number of nitrogens with one attached hydrogen (secondary N) is 1. The molecule has 0 aliphatic heterocycles. The van der Waals surface area contributed by atoms with Crippen LogP contribution in [0.3, 0.4) is 0 Å². The maximum Gasteiger partial charge on any atom is 0.338 e. The lowest BCUT2D eigenvalue weighted by Gasteiger charge is -2.08. The Labute approximate surface area is 219 Å². The zero-order valence-corrected chi connectivity index (χ0v) is 21.0. The summed E-state index contributed by atoms with van der Waals surface area (Å²) in [6.45, 7) is 1.08. The second-order valence-electron chi connectivity index (χ2n) is 8.30. The van der Waals surface area contributed by atoms with Crippen molar-refractivity contribution in [1.29, 1.82) is 0 Å². The van der Waals surface area contributed by atoms with Crippen molar-refractivity contribution in [1.82, 2.24) is 0 Å². The molecule has 0 heterocycles. The van der Waals surface area contributed by atoms with Crippen molar-refractivity contribution in [2.24, 2.45) is 0 Å². The lowest BCUT2D eigenvalue weighted by molar-refractivity contribution is -0.143. The van der Waals surface area contributed by atoms with Crippen molar-refractivity contribution < 1.29 is 38.2 Å². The Morgan fingerprint density at radius 1 is 0.658 bits per heavy atom. The van der Waals surface area contributed by atoms with Gasteiger partial charge in [0.1, 0.15) is 5.75 Å². The molecule has 3 aromatic carbocycles. The van der Waals surface area contributed by atoms with Crippen molar-refractivity contribution in [2.75, 3.05) is 25.6 Å². The highest BCUT2D eigenvalue weighted by Crippen LogP contribution is 2.14. The van der Waals surface area contributed by atoms with Crippen LogP contribution >= 0.6 is 0 Å². The number of Topliss-reactive ketones (excluding diaryl/α,β-unsaturated/α-hetero) is 2. The van der Waals surface area contributed by atoms with E-state index >= 15 is 0 Å². The zero-order valence-electron chi connectivity index (χ0n) is 21.0. The molecule has 0 radical (unpaired) electrons. The molecule has 0 atom stereocenters. The molecular formula is C29H27NO8. The van der Waals surface area contributed by atoms with Crippen LogP contribution in [0.2, 0.25) is 0 Å². The first-order valence-electron chi connectivity index (χ1n) is 11.7. The Bertz CT molecular complexity index is 1300. The molecular weight excluding hydrogens is 490 g/mol. The SMILES string of the molecule is COc1ccc(C(=O)COC(=O)c2ccc(NC(=O)CCC(=O)OCC(=O)c3ccc(C)cc3)cc2)cc1. The zero-order chi connectivity index (χ0) is 27.5. The molecule has 1 amide bonds. The van der Waals surface area contributed by atoms with E-state index < -0.39 is 31.1 Å². The normalized spacial score (nSPS) is 10.3. The van der Waals surface area contributed by atoms with Gasteiger partial charge in [0.05, 0.1) is 19.1 Å². The summed E-state index contributed by atoms with van der Waals surface area (Å²) < 4.78 is 15.1. The predicted octanol–water partition coefficient (Wildman–Crippen LogP) is 4.19. The van der Waals surface area contributed by atoms with Gasteiger partial charge in [0, 0.05) is 23.2 Å². The summed E-state index contributed by atoms with van der Waals surface area (Å²) in [5.41, 5.74) is 2.45. The van der Waals surface area contributed by atoms with E-state index in [0.29, 0.717) is 22.6 Å². The summed E-state index contributed by atoms with van der Waals surface area (Å²) in [5.74, 6) is -1.87. The van der Waals surface area contributed by atoms with Crippen molar-refractivity contribution in [3.63, 3.8) is 0 Å². The summed E-state index contributed by atoms with van der Waals surface area (Å²) in [6.07, 6.45) is -0.339. The fourth-order valence-corrected chi connectivity index (χ4v) is 3.24. The Balaban J connectivity index is 1.38. The first-order valence-corrected chi connectivity index (χ1v) is 11.7. The third-order valence-electron chi connectivity index (χ3n) is 5.44. The number of methoxy groups -OCH3 is 1. The Hall–Kier alpha value is -4.79. The minimum atomic E-state index is -0.687. The summed E-state index contributed by atoms with van der Waals surface area (Å²) in [7, 11) is 1.52. The second kappa shape index (κ2) is 13.5. The maximum absolute atomic E-state index is 12.2. The Morgan fingerprint density at radius 2 is 1.18 bits per heavy atom. The number of esters is 2. The minimum absolute atomic E-state index is 0.144. The molecule has 9 nitrogen and oxygen atoms in total. The third kappa shape index (κ3) is 8.41. The first-order chi connectivity index (χ1) is 18.2. The van der Waals surface area contributed by atoms with Gasteiger partial charge in [0.15, 0.2) is 24.8 Å². The highest BCUT2D eigenvalue weighted by atomic mass is 16.5. The number of anilines is 1. The van der Waals surface area contributed by atoms with Gasteiger partial charge in [-0.3, -0.25) is 19.2 Å².